The van der Waals surface area contributed by atoms with Crippen molar-refractivity contribution >= 4 is 39.1 Å². The molecule has 0 spiro atoms. The maximum atomic E-state index is 16.0. The molecule has 0 N–H and O–H groups in total. The standard InChI is InChI=1S/C26H22ClF2N3/c1-14-8-17-4-2-3-5-18(17)19(9-14)22-21(28)11-20-24(23(22)29)30-26(27)31-25(20)32-12-15-6-7-16(10-15)13-32/h2-5,8-9,11,15-16H,6-7,10,12-13H2,1H3. The Labute approximate surface area is 190 Å². The lowest BCUT2D eigenvalue weighted by molar-refractivity contribution is 0.419. The number of aryl methyl sites for hydroxylation is 1. The number of anilines is 1. The number of piperidine rings is 1. The second kappa shape index (κ2) is 7.38. The van der Waals surface area contributed by atoms with Crippen LogP contribution in [-0.2, 0) is 0 Å². The van der Waals surface area contributed by atoms with Crippen molar-refractivity contribution in [1.29, 1.82) is 0 Å². The highest BCUT2D eigenvalue weighted by molar-refractivity contribution is 6.29. The fourth-order valence-electron chi connectivity index (χ4n) is 5.69. The van der Waals surface area contributed by atoms with Gasteiger partial charge in [-0.2, -0.15) is 4.98 Å². The van der Waals surface area contributed by atoms with Crippen molar-refractivity contribution in [2.45, 2.75) is 26.2 Å². The van der Waals surface area contributed by atoms with Gasteiger partial charge >= 0.3 is 0 Å². The molecule has 1 aliphatic heterocycles. The number of benzene rings is 3. The molecule has 4 aromatic rings. The third-order valence-electron chi connectivity index (χ3n) is 7.02. The van der Waals surface area contributed by atoms with E-state index in [0.717, 1.165) is 29.4 Å². The van der Waals surface area contributed by atoms with Crippen LogP contribution >= 0.6 is 11.6 Å². The predicted octanol–water partition coefficient (Wildman–Crippen LogP) is 6.93. The average Bonchev–Trinajstić information content (AvgIpc) is 3.11. The molecule has 2 fully saturated rings. The van der Waals surface area contributed by atoms with E-state index in [1.165, 1.54) is 25.3 Å². The summed E-state index contributed by atoms with van der Waals surface area (Å²) in [7, 11) is 0. The van der Waals surface area contributed by atoms with Crippen LogP contribution in [0.3, 0.4) is 0 Å². The average molecular weight is 450 g/mol. The number of hydrogen-bond donors (Lipinski definition) is 0. The molecule has 1 saturated heterocycles. The number of hydrogen-bond acceptors (Lipinski definition) is 3. The zero-order valence-electron chi connectivity index (χ0n) is 17.7. The van der Waals surface area contributed by atoms with Gasteiger partial charge in [-0.05, 0) is 77.6 Å². The van der Waals surface area contributed by atoms with Crippen LogP contribution in [0.1, 0.15) is 24.8 Å². The monoisotopic (exact) mass is 449 g/mol. The van der Waals surface area contributed by atoms with Crippen LogP contribution in [-0.4, -0.2) is 23.1 Å². The first-order valence-corrected chi connectivity index (χ1v) is 11.5. The van der Waals surface area contributed by atoms with Gasteiger partial charge in [-0.15, -0.1) is 0 Å². The van der Waals surface area contributed by atoms with Crippen LogP contribution in [0.5, 0.6) is 0 Å². The summed E-state index contributed by atoms with van der Waals surface area (Å²) in [5, 5.41) is 2.09. The van der Waals surface area contributed by atoms with Crippen molar-refractivity contribution in [2.75, 3.05) is 18.0 Å². The van der Waals surface area contributed by atoms with Gasteiger partial charge in [0.1, 0.15) is 17.2 Å². The number of fused-ring (bicyclic) bond motifs is 4. The van der Waals surface area contributed by atoms with Crippen molar-refractivity contribution in [3.05, 3.63) is 64.9 Å². The van der Waals surface area contributed by atoms with Gasteiger partial charge in [-0.1, -0.05) is 36.4 Å². The summed E-state index contributed by atoms with van der Waals surface area (Å²) in [6, 6.07) is 12.8. The van der Waals surface area contributed by atoms with Crippen molar-refractivity contribution in [1.82, 2.24) is 9.97 Å². The summed E-state index contributed by atoms with van der Waals surface area (Å²) in [6.45, 7) is 3.60. The second-order valence-corrected chi connectivity index (χ2v) is 9.58. The van der Waals surface area contributed by atoms with E-state index in [9.17, 15) is 0 Å². The Bertz CT molecular complexity index is 1380. The molecule has 162 valence electrons. The van der Waals surface area contributed by atoms with Gasteiger partial charge in [0.25, 0.3) is 0 Å². The molecule has 2 aliphatic rings. The Balaban J connectivity index is 1.59. The molecule has 3 nitrogen and oxygen atoms in total. The van der Waals surface area contributed by atoms with Crippen LogP contribution in [0, 0.1) is 30.4 Å². The lowest BCUT2D eigenvalue weighted by Crippen LogP contribution is -2.37. The van der Waals surface area contributed by atoms with Gasteiger partial charge in [0.2, 0.25) is 5.28 Å². The molecule has 2 atom stereocenters. The van der Waals surface area contributed by atoms with Crippen molar-refractivity contribution in [2.24, 2.45) is 11.8 Å². The number of nitrogens with zero attached hydrogens (tertiary/aromatic N) is 3. The first-order valence-electron chi connectivity index (χ1n) is 11.1. The summed E-state index contributed by atoms with van der Waals surface area (Å²) in [5.74, 6) is 0.435. The van der Waals surface area contributed by atoms with Crippen LogP contribution in [0.15, 0.2) is 42.5 Å². The molecular weight excluding hydrogens is 428 g/mol. The minimum Gasteiger partial charge on any atom is -0.355 e. The Hall–Kier alpha value is -2.79. The van der Waals surface area contributed by atoms with Crippen LogP contribution in [0.2, 0.25) is 5.28 Å². The molecule has 0 amide bonds. The topological polar surface area (TPSA) is 29.0 Å². The van der Waals surface area contributed by atoms with E-state index in [4.69, 9.17) is 11.6 Å². The maximum Gasteiger partial charge on any atom is 0.225 e. The Kier molecular flexibility index (Phi) is 4.58. The molecule has 32 heavy (non-hydrogen) atoms. The number of halogens is 3. The quantitative estimate of drug-likeness (QED) is 0.311. The molecule has 2 unspecified atom stereocenters. The van der Waals surface area contributed by atoms with Crippen molar-refractivity contribution < 1.29 is 8.78 Å². The van der Waals surface area contributed by atoms with E-state index < -0.39 is 11.6 Å². The van der Waals surface area contributed by atoms with Gasteiger partial charge in [-0.25, -0.2) is 13.8 Å². The lowest BCUT2D eigenvalue weighted by atomic mass is 9.94. The van der Waals surface area contributed by atoms with Gasteiger partial charge in [0, 0.05) is 18.5 Å². The van der Waals surface area contributed by atoms with Crippen LogP contribution in [0.4, 0.5) is 14.6 Å². The van der Waals surface area contributed by atoms with Crippen LogP contribution in [0.25, 0.3) is 32.8 Å². The van der Waals surface area contributed by atoms with Gasteiger partial charge in [0.05, 0.1) is 5.56 Å². The Morgan fingerprint density at radius 3 is 2.50 bits per heavy atom. The Morgan fingerprint density at radius 1 is 0.969 bits per heavy atom. The van der Waals surface area contributed by atoms with E-state index >= 15 is 8.78 Å². The lowest BCUT2D eigenvalue weighted by Gasteiger charge is -2.33. The summed E-state index contributed by atoms with van der Waals surface area (Å²) in [4.78, 5) is 10.8. The molecule has 2 bridgehead atoms. The normalized spacial score (nSPS) is 20.4. The van der Waals surface area contributed by atoms with E-state index in [1.54, 1.807) is 0 Å². The minimum atomic E-state index is -0.693. The molecule has 3 aromatic carbocycles. The fourth-order valence-corrected chi connectivity index (χ4v) is 5.85. The first-order chi connectivity index (χ1) is 15.5. The van der Waals surface area contributed by atoms with Crippen molar-refractivity contribution in [3.8, 4) is 11.1 Å². The molecule has 1 aromatic heterocycles. The van der Waals surface area contributed by atoms with Crippen molar-refractivity contribution in [3.63, 3.8) is 0 Å². The maximum absolute atomic E-state index is 16.0. The van der Waals surface area contributed by atoms with Gasteiger partial charge in [-0.3, -0.25) is 0 Å². The van der Waals surface area contributed by atoms with E-state index in [1.807, 2.05) is 43.3 Å². The fraction of sp³-hybridized carbons (Fsp3) is 0.308. The summed E-state index contributed by atoms with van der Waals surface area (Å²) in [5.41, 5.74) is 1.45. The largest absolute Gasteiger partial charge is 0.355 e. The SMILES string of the molecule is Cc1cc(-c2c(F)cc3c(N4CC5CCC(C5)C4)nc(Cl)nc3c2F)c2ccccc2c1. The second-order valence-electron chi connectivity index (χ2n) is 9.24. The Morgan fingerprint density at radius 2 is 1.72 bits per heavy atom. The van der Waals surface area contributed by atoms with E-state index in [-0.39, 0.29) is 16.4 Å². The smallest absolute Gasteiger partial charge is 0.225 e. The molecule has 1 saturated carbocycles. The molecule has 0 radical (unpaired) electrons. The zero-order chi connectivity index (χ0) is 22.0. The third kappa shape index (κ3) is 3.14. The molecule has 2 heterocycles. The highest BCUT2D eigenvalue weighted by atomic mass is 35.5. The van der Waals surface area contributed by atoms with Gasteiger partial charge < -0.3 is 4.90 Å². The zero-order valence-corrected chi connectivity index (χ0v) is 18.5. The highest BCUT2D eigenvalue weighted by Gasteiger charge is 2.34. The first kappa shape index (κ1) is 19.9. The third-order valence-corrected chi connectivity index (χ3v) is 7.19. The van der Waals surface area contributed by atoms with E-state index in [0.29, 0.717) is 28.6 Å². The molecule has 6 rings (SSSR count). The highest BCUT2D eigenvalue weighted by Crippen LogP contribution is 2.42. The van der Waals surface area contributed by atoms with E-state index in [2.05, 4.69) is 14.9 Å². The minimum absolute atomic E-state index is 0.0176. The van der Waals surface area contributed by atoms with Crippen LogP contribution < -0.4 is 4.90 Å². The number of rotatable bonds is 2. The number of aromatic nitrogens is 2. The van der Waals surface area contributed by atoms with Gasteiger partial charge in [0.15, 0.2) is 5.82 Å². The molecule has 1 aliphatic carbocycles. The molecular formula is C26H22ClF2N3. The summed E-state index contributed by atoms with van der Waals surface area (Å²) in [6.07, 6.45) is 3.62. The summed E-state index contributed by atoms with van der Waals surface area (Å²) >= 11 is 6.25. The summed E-state index contributed by atoms with van der Waals surface area (Å²) < 4.78 is 31.6. The predicted molar refractivity (Wildman–Crippen MR) is 125 cm³/mol. The molecule has 6 heteroatoms.